The van der Waals surface area contributed by atoms with Crippen LogP contribution in [0.2, 0.25) is 0 Å². The van der Waals surface area contributed by atoms with Crippen LogP contribution in [0.25, 0.3) is 0 Å². The van der Waals surface area contributed by atoms with Gasteiger partial charge in [0, 0.05) is 44.2 Å². The van der Waals surface area contributed by atoms with Crippen LogP contribution in [-0.2, 0) is 9.47 Å². The Morgan fingerprint density at radius 2 is 1.83 bits per heavy atom. The zero-order valence-electron chi connectivity index (χ0n) is 14.5. The Morgan fingerprint density at radius 1 is 1.04 bits per heavy atom. The smallest absolute Gasteiger partial charge is 0.0594 e. The van der Waals surface area contributed by atoms with Gasteiger partial charge in [0.1, 0.15) is 0 Å². The maximum atomic E-state index is 5.67. The maximum Gasteiger partial charge on any atom is 0.0594 e. The summed E-state index contributed by atoms with van der Waals surface area (Å²) in [5, 5.41) is 3.86. The van der Waals surface area contributed by atoms with Gasteiger partial charge in [0.25, 0.3) is 0 Å². The number of hydrogen-bond acceptors (Lipinski definition) is 4. The van der Waals surface area contributed by atoms with E-state index in [1.807, 2.05) is 0 Å². The van der Waals surface area contributed by atoms with Crippen molar-refractivity contribution < 1.29 is 9.47 Å². The van der Waals surface area contributed by atoms with E-state index in [0.29, 0.717) is 18.0 Å². The van der Waals surface area contributed by atoms with E-state index in [4.69, 9.17) is 9.47 Å². The van der Waals surface area contributed by atoms with Crippen LogP contribution in [0.15, 0.2) is 30.3 Å². The first-order chi connectivity index (χ1) is 11.9. The number of benzene rings is 1. The summed E-state index contributed by atoms with van der Waals surface area (Å²) in [5.41, 5.74) is 1.50. The van der Waals surface area contributed by atoms with Crippen LogP contribution in [0.1, 0.15) is 30.7 Å². The van der Waals surface area contributed by atoms with Crippen molar-refractivity contribution in [3.8, 4) is 0 Å². The van der Waals surface area contributed by atoms with E-state index in [1.54, 1.807) is 0 Å². The fourth-order valence-corrected chi connectivity index (χ4v) is 4.43. The number of ether oxygens (including phenoxy) is 2. The molecule has 132 valence electrons. The Labute approximate surface area is 145 Å². The molecule has 0 amide bonds. The molecule has 2 heterocycles. The Balaban J connectivity index is 1.28. The molecule has 4 rings (SSSR count). The van der Waals surface area contributed by atoms with Gasteiger partial charge in [-0.15, -0.1) is 0 Å². The number of morpholine rings is 1. The summed E-state index contributed by atoms with van der Waals surface area (Å²) in [4.78, 5) is 2.63. The van der Waals surface area contributed by atoms with E-state index >= 15 is 0 Å². The molecule has 0 aromatic heterocycles. The normalized spacial score (nSPS) is 32.4. The van der Waals surface area contributed by atoms with Crippen LogP contribution in [-0.4, -0.2) is 63.0 Å². The minimum Gasteiger partial charge on any atom is -0.381 e. The highest BCUT2D eigenvalue weighted by molar-refractivity contribution is 5.22. The van der Waals surface area contributed by atoms with Crippen LogP contribution in [0, 0.1) is 5.92 Å². The van der Waals surface area contributed by atoms with Crippen LogP contribution in [0.5, 0.6) is 0 Å². The molecule has 2 saturated heterocycles. The quantitative estimate of drug-likeness (QED) is 0.867. The summed E-state index contributed by atoms with van der Waals surface area (Å²) < 4.78 is 11.2. The lowest BCUT2D eigenvalue weighted by molar-refractivity contribution is -0.0000249. The standard InChI is InChI=1S/C20H30N2O2/c1-2-4-16(5-3-1)18-12-19(13-18)21-14-20(17-6-9-24-15-17)22-7-10-23-11-8-22/h1-5,17-21H,6-15H2. The maximum absolute atomic E-state index is 5.67. The van der Waals surface area contributed by atoms with Crippen molar-refractivity contribution in [2.24, 2.45) is 5.92 Å². The first-order valence-electron chi connectivity index (χ1n) is 9.58. The summed E-state index contributed by atoms with van der Waals surface area (Å²) in [5.74, 6) is 1.43. The molecule has 2 atom stereocenters. The van der Waals surface area contributed by atoms with Crippen molar-refractivity contribution in [3.05, 3.63) is 35.9 Å². The van der Waals surface area contributed by atoms with Gasteiger partial charge in [-0.25, -0.2) is 0 Å². The van der Waals surface area contributed by atoms with Gasteiger partial charge in [0.15, 0.2) is 0 Å². The van der Waals surface area contributed by atoms with E-state index in [0.717, 1.165) is 52.0 Å². The van der Waals surface area contributed by atoms with E-state index in [2.05, 4.69) is 40.5 Å². The van der Waals surface area contributed by atoms with Crippen LogP contribution in [0.3, 0.4) is 0 Å². The van der Waals surface area contributed by atoms with Crippen molar-refractivity contribution in [2.75, 3.05) is 46.1 Å². The molecule has 3 aliphatic rings. The lowest BCUT2D eigenvalue weighted by Gasteiger charge is -2.41. The Bertz CT molecular complexity index is 492. The molecule has 1 N–H and O–H groups in total. The lowest BCUT2D eigenvalue weighted by Crippen LogP contribution is -2.54. The number of nitrogens with one attached hydrogen (secondary N) is 1. The van der Waals surface area contributed by atoms with Gasteiger partial charge in [0.2, 0.25) is 0 Å². The topological polar surface area (TPSA) is 33.7 Å². The molecule has 4 heteroatoms. The molecule has 0 bridgehead atoms. The fourth-order valence-electron chi connectivity index (χ4n) is 4.43. The summed E-state index contributed by atoms with van der Waals surface area (Å²) in [6, 6.07) is 12.2. The molecule has 1 aromatic rings. The second-order valence-corrected chi connectivity index (χ2v) is 7.52. The molecule has 1 aromatic carbocycles. The van der Waals surface area contributed by atoms with Gasteiger partial charge < -0.3 is 14.8 Å². The number of nitrogens with zero attached hydrogens (tertiary/aromatic N) is 1. The second-order valence-electron chi connectivity index (χ2n) is 7.52. The minimum absolute atomic E-state index is 0.604. The first-order valence-corrected chi connectivity index (χ1v) is 9.58. The molecule has 0 radical (unpaired) electrons. The molecule has 1 saturated carbocycles. The molecule has 4 nitrogen and oxygen atoms in total. The fraction of sp³-hybridized carbons (Fsp3) is 0.700. The number of hydrogen-bond donors (Lipinski definition) is 1. The van der Waals surface area contributed by atoms with Crippen LogP contribution in [0.4, 0.5) is 0 Å². The van der Waals surface area contributed by atoms with Crippen molar-refractivity contribution >= 4 is 0 Å². The van der Waals surface area contributed by atoms with Crippen molar-refractivity contribution in [1.82, 2.24) is 10.2 Å². The van der Waals surface area contributed by atoms with Gasteiger partial charge in [-0.3, -0.25) is 4.90 Å². The minimum atomic E-state index is 0.604. The monoisotopic (exact) mass is 330 g/mol. The van der Waals surface area contributed by atoms with E-state index in [1.165, 1.54) is 24.8 Å². The predicted octanol–water partition coefficient (Wildman–Crippen LogP) is 2.26. The summed E-state index contributed by atoms with van der Waals surface area (Å²) in [7, 11) is 0. The van der Waals surface area contributed by atoms with E-state index in [9.17, 15) is 0 Å². The van der Waals surface area contributed by atoms with Gasteiger partial charge in [-0.05, 0) is 30.7 Å². The Kier molecular flexibility index (Phi) is 5.48. The van der Waals surface area contributed by atoms with E-state index in [-0.39, 0.29) is 0 Å². The highest BCUT2D eigenvalue weighted by atomic mass is 16.5. The van der Waals surface area contributed by atoms with Crippen molar-refractivity contribution in [2.45, 2.75) is 37.3 Å². The average molecular weight is 330 g/mol. The highest BCUT2D eigenvalue weighted by Gasteiger charge is 2.34. The summed E-state index contributed by atoms with van der Waals surface area (Å²) in [6.07, 6.45) is 3.77. The predicted molar refractivity (Wildman–Crippen MR) is 95.3 cm³/mol. The Morgan fingerprint density at radius 3 is 2.54 bits per heavy atom. The summed E-state index contributed by atoms with van der Waals surface area (Å²) >= 11 is 0. The molecular weight excluding hydrogens is 300 g/mol. The third kappa shape index (κ3) is 3.83. The van der Waals surface area contributed by atoms with Crippen molar-refractivity contribution in [1.29, 1.82) is 0 Å². The summed E-state index contributed by atoms with van der Waals surface area (Å²) in [6.45, 7) is 6.86. The lowest BCUT2D eigenvalue weighted by atomic mass is 9.76. The molecule has 2 aliphatic heterocycles. The Hall–Kier alpha value is -0.940. The third-order valence-electron chi connectivity index (χ3n) is 6.05. The largest absolute Gasteiger partial charge is 0.381 e. The SMILES string of the molecule is c1ccc(C2CC(NCC(C3CCOC3)N3CCOCC3)C2)cc1. The molecular formula is C20H30N2O2. The van der Waals surface area contributed by atoms with Crippen molar-refractivity contribution in [3.63, 3.8) is 0 Å². The van der Waals surface area contributed by atoms with E-state index < -0.39 is 0 Å². The third-order valence-corrected chi connectivity index (χ3v) is 6.05. The highest BCUT2D eigenvalue weighted by Crippen LogP contribution is 2.36. The van der Waals surface area contributed by atoms with Gasteiger partial charge in [0.05, 0.1) is 19.8 Å². The zero-order chi connectivity index (χ0) is 16.2. The number of rotatable bonds is 6. The molecule has 2 unspecified atom stereocenters. The van der Waals surface area contributed by atoms with Crippen LogP contribution >= 0.6 is 0 Å². The molecule has 0 spiro atoms. The molecule has 3 fully saturated rings. The van der Waals surface area contributed by atoms with Crippen LogP contribution < -0.4 is 5.32 Å². The molecule has 1 aliphatic carbocycles. The zero-order valence-corrected chi connectivity index (χ0v) is 14.5. The second kappa shape index (κ2) is 7.96. The average Bonchev–Trinajstić information content (AvgIpc) is 3.13. The van der Waals surface area contributed by atoms with Gasteiger partial charge in [-0.2, -0.15) is 0 Å². The molecule has 24 heavy (non-hydrogen) atoms. The first kappa shape index (κ1) is 16.5. The van der Waals surface area contributed by atoms with Gasteiger partial charge >= 0.3 is 0 Å². The van der Waals surface area contributed by atoms with Gasteiger partial charge in [-0.1, -0.05) is 30.3 Å².